The van der Waals surface area contributed by atoms with Gasteiger partial charge in [0, 0.05) is 19.8 Å². The smallest absolute Gasteiger partial charge is 0.302 e. The third-order valence-electron chi connectivity index (χ3n) is 3.75. The normalized spacial score (nSPS) is 11.5. The zero-order chi connectivity index (χ0) is 17.7. The molecule has 0 aliphatic rings. The molecule has 0 atom stereocenters. The van der Waals surface area contributed by atoms with Crippen molar-refractivity contribution in [3.8, 4) is 0 Å². The van der Waals surface area contributed by atoms with Gasteiger partial charge in [-0.25, -0.2) is 4.98 Å². The highest BCUT2D eigenvalue weighted by Gasteiger charge is 2.13. The molecule has 1 heterocycles. The summed E-state index contributed by atoms with van der Waals surface area (Å²) in [4.78, 5) is 4.17. The van der Waals surface area contributed by atoms with Crippen LogP contribution >= 0.6 is 0 Å². The summed E-state index contributed by atoms with van der Waals surface area (Å²) in [6, 6.07) is 9.74. The molecule has 0 spiro atoms. The number of para-hydroxylation sites is 1. The Morgan fingerprint density at radius 1 is 1.04 bits per heavy atom. The number of hydrogen-bond acceptors (Lipinski definition) is 4. The largest absolute Gasteiger partial charge is 0.354 e. The Balaban J connectivity index is 2.21. The van der Waals surface area contributed by atoms with Crippen LogP contribution in [0, 0.1) is 0 Å². The SMILES string of the molecule is CCc1cccc(CC)c1Nc1ccc(NS(=O)(=O)N(C)C)nc1. The molecular weight excluding hydrogens is 324 g/mol. The fourth-order valence-corrected chi connectivity index (χ4v) is 2.87. The number of nitrogens with one attached hydrogen (secondary N) is 2. The van der Waals surface area contributed by atoms with E-state index in [9.17, 15) is 8.42 Å². The van der Waals surface area contributed by atoms with E-state index in [2.05, 4.69) is 47.1 Å². The third kappa shape index (κ3) is 4.24. The van der Waals surface area contributed by atoms with E-state index in [1.54, 1.807) is 12.3 Å². The molecule has 0 radical (unpaired) electrons. The zero-order valence-electron chi connectivity index (χ0n) is 14.5. The molecule has 0 saturated heterocycles. The van der Waals surface area contributed by atoms with Crippen molar-refractivity contribution < 1.29 is 8.42 Å². The van der Waals surface area contributed by atoms with Gasteiger partial charge in [0.25, 0.3) is 0 Å². The molecule has 0 unspecified atom stereocenters. The Hall–Kier alpha value is -2.12. The molecule has 24 heavy (non-hydrogen) atoms. The summed E-state index contributed by atoms with van der Waals surface area (Å²) < 4.78 is 27.1. The Bertz CT molecular complexity index is 764. The minimum atomic E-state index is -3.54. The van der Waals surface area contributed by atoms with Crippen molar-refractivity contribution in [1.82, 2.24) is 9.29 Å². The van der Waals surface area contributed by atoms with Gasteiger partial charge in [0.2, 0.25) is 0 Å². The summed E-state index contributed by atoms with van der Waals surface area (Å²) in [6.45, 7) is 4.24. The summed E-state index contributed by atoms with van der Waals surface area (Å²) in [6.07, 6.45) is 3.49. The first kappa shape index (κ1) is 18.2. The summed E-state index contributed by atoms with van der Waals surface area (Å²) in [5.74, 6) is 0.286. The van der Waals surface area contributed by atoms with Crippen molar-refractivity contribution in [3.05, 3.63) is 47.7 Å². The van der Waals surface area contributed by atoms with E-state index in [1.165, 1.54) is 25.2 Å². The topological polar surface area (TPSA) is 74.3 Å². The summed E-state index contributed by atoms with van der Waals surface area (Å²) >= 11 is 0. The standard InChI is InChI=1S/C17H24N4O2S/c1-5-13-8-7-9-14(6-2)17(13)19-15-10-11-16(18-12-15)20-24(22,23)21(3)4/h7-12,19H,5-6H2,1-4H3,(H,18,20). The van der Waals surface area contributed by atoms with Gasteiger partial charge in [-0.15, -0.1) is 0 Å². The fourth-order valence-electron chi connectivity index (χ4n) is 2.30. The Kier molecular flexibility index (Phi) is 5.80. The van der Waals surface area contributed by atoms with Crippen molar-refractivity contribution >= 4 is 27.4 Å². The molecule has 130 valence electrons. The van der Waals surface area contributed by atoms with Crippen molar-refractivity contribution in [2.24, 2.45) is 0 Å². The molecule has 2 N–H and O–H groups in total. The number of aromatic nitrogens is 1. The first-order valence-electron chi connectivity index (χ1n) is 7.91. The van der Waals surface area contributed by atoms with Crippen molar-refractivity contribution in [1.29, 1.82) is 0 Å². The maximum Gasteiger partial charge on any atom is 0.302 e. The molecular formula is C17H24N4O2S. The van der Waals surface area contributed by atoms with Gasteiger partial charge < -0.3 is 5.32 Å². The summed E-state index contributed by atoms with van der Waals surface area (Å²) in [5, 5.41) is 3.41. The molecule has 0 aliphatic heterocycles. The van der Waals surface area contributed by atoms with Gasteiger partial charge >= 0.3 is 10.2 Å². The van der Waals surface area contributed by atoms with Gasteiger partial charge in [0.15, 0.2) is 0 Å². The lowest BCUT2D eigenvalue weighted by Gasteiger charge is -2.16. The minimum absolute atomic E-state index is 0.286. The number of hydrogen-bond donors (Lipinski definition) is 2. The monoisotopic (exact) mass is 348 g/mol. The second-order valence-electron chi connectivity index (χ2n) is 5.60. The van der Waals surface area contributed by atoms with Crippen LogP contribution in [0.5, 0.6) is 0 Å². The molecule has 0 saturated carbocycles. The molecule has 0 aliphatic carbocycles. The van der Waals surface area contributed by atoms with Crippen LogP contribution in [-0.4, -0.2) is 31.8 Å². The Labute approximate surface area is 144 Å². The second-order valence-corrected chi connectivity index (χ2v) is 7.49. The van der Waals surface area contributed by atoms with Crippen LogP contribution in [0.15, 0.2) is 36.5 Å². The van der Waals surface area contributed by atoms with E-state index in [4.69, 9.17) is 0 Å². The quantitative estimate of drug-likeness (QED) is 0.806. The van der Waals surface area contributed by atoms with Crippen LogP contribution in [0.2, 0.25) is 0 Å². The fraction of sp³-hybridized carbons (Fsp3) is 0.353. The number of rotatable bonds is 7. The maximum atomic E-state index is 11.8. The molecule has 0 amide bonds. The van der Waals surface area contributed by atoms with Gasteiger partial charge in [0.05, 0.1) is 11.9 Å². The van der Waals surface area contributed by atoms with Gasteiger partial charge in [0.1, 0.15) is 5.82 Å². The van der Waals surface area contributed by atoms with Crippen LogP contribution in [0.3, 0.4) is 0 Å². The number of aryl methyl sites for hydroxylation is 2. The molecule has 2 aromatic rings. The highest BCUT2D eigenvalue weighted by molar-refractivity contribution is 7.90. The van der Waals surface area contributed by atoms with E-state index in [1.807, 2.05) is 6.07 Å². The van der Waals surface area contributed by atoms with Crippen LogP contribution in [0.25, 0.3) is 0 Å². The summed E-state index contributed by atoms with van der Waals surface area (Å²) in [5.41, 5.74) is 4.41. The average Bonchev–Trinajstić information content (AvgIpc) is 2.56. The van der Waals surface area contributed by atoms with Crippen LogP contribution in [0.1, 0.15) is 25.0 Å². The number of anilines is 3. The number of pyridine rings is 1. The van der Waals surface area contributed by atoms with E-state index >= 15 is 0 Å². The van der Waals surface area contributed by atoms with Crippen LogP contribution in [-0.2, 0) is 23.1 Å². The number of benzene rings is 1. The molecule has 0 fully saturated rings. The predicted octanol–water partition coefficient (Wildman–Crippen LogP) is 3.17. The van der Waals surface area contributed by atoms with E-state index in [0.717, 1.165) is 28.5 Å². The maximum absolute atomic E-state index is 11.8. The highest BCUT2D eigenvalue weighted by Crippen LogP contribution is 2.26. The van der Waals surface area contributed by atoms with Gasteiger partial charge in [-0.05, 0) is 36.1 Å². The average molecular weight is 348 g/mol. The molecule has 0 bridgehead atoms. The van der Waals surface area contributed by atoms with Gasteiger partial charge in [-0.3, -0.25) is 4.72 Å². The van der Waals surface area contributed by atoms with Gasteiger partial charge in [-0.1, -0.05) is 32.0 Å². The first-order valence-corrected chi connectivity index (χ1v) is 9.35. The lowest BCUT2D eigenvalue weighted by molar-refractivity contribution is 0.526. The first-order chi connectivity index (χ1) is 11.4. The summed E-state index contributed by atoms with van der Waals surface area (Å²) in [7, 11) is -0.615. The zero-order valence-corrected chi connectivity index (χ0v) is 15.3. The minimum Gasteiger partial charge on any atom is -0.354 e. The number of nitrogens with zero attached hydrogens (tertiary/aromatic N) is 2. The molecule has 2 rings (SSSR count). The molecule has 6 nitrogen and oxygen atoms in total. The molecule has 7 heteroatoms. The Morgan fingerprint density at radius 3 is 2.12 bits per heavy atom. The molecule has 1 aromatic carbocycles. The van der Waals surface area contributed by atoms with Crippen molar-refractivity contribution in [3.63, 3.8) is 0 Å². The van der Waals surface area contributed by atoms with Gasteiger partial charge in [-0.2, -0.15) is 12.7 Å². The third-order valence-corrected chi connectivity index (χ3v) is 5.17. The van der Waals surface area contributed by atoms with Crippen LogP contribution < -0.4 is 10.0 Å². The lowest BCUT2D eigenvalue weighted by Crippen LogP contribution is -2.29. The lowest BCUT2D eigenvalue weighted by atomic mass is 10.0. The van der Waals surface area contributed by atoms with E-state index < -0.39 is 10.2 Å². The molecule has 1 aromatic heterocycles. The van der Waals surface area contributed by atoms with Crippen molar-refractivity contribution in [2.75, 3.05) is 24.1 Å². The Morgan fingerprint density at radius 2 is 1.67 bits per heavy atom. The van der Waals surface area contributed by atoms with Crippen molar-refractivity contribution in [2.45, 2.75) is 26.7 Å². The highest BCUT2D eigenvalue weighted by atomic mass is 32.2. The van der Waals surface area contributed by atoms with E-state index in [0.29, 0.717) is 0 Å². The van der Waals surface area contributed by atoms with Crippen LogP contribution in [0.4, 0.5) is 17.2 Å². The second kappa shape index (κ2) is 7.63. The predicted molar refractivity (Wildman–Crippen MR) is 98.9 cm³/mol. The van der Waals surface area contributed by atoms with E-state index in [-0.39, 0.29) is 5.82 Å².